The van der Waals surface area contributed by atoms with Gasteiger partial charge in [-0.3, -0.25) is 4.98 Å². The molecule has 3 aromatic rings. The van der Waals surface area contributed by atoms with E-state index in [4.69, 9.17) is 17.3 Å². The van der Waals surface area contributed by atoms with Gasteiger partial charge in [0.1, 0.15) is 5.82 Å². The van der Waals surface area contributed by atoms with Gasteiger partial charge in [0.2, 0.25) is 0 Å². The predicted molar refractivity (Wildman–Crippen MR) is 83.8 cm³/mol. The van der Waals surface area contributed by atoms with E-state index < -0.39 is 0 Å². The largest absolute Gasteiger partial charge is 0.324 e. The third-order valence-corrected chi connectivity index (χ3v) is 3.75. The molecule has 21 heavy (non-hydrogen) atoms. The Morgan fingerprint density at radius 3 is 2.76 bits per heavy atom. The average Bonchev–Trinajstić information content (AvgIpc) is 2.49. The molecule has 1 atom stereocenters. The highest BCUT2D eigenvalue weighted by atomic mass is 35.5. The number of nitrogens with zero attached hydrogens (tertiary/aromatic N) is 1. The quantitative estimate of drug-likeness (QED) is 0.784. The zero-order valence-electron chi connectivity index (χ0n) is 11.3. The van der Waals surface area contributed by atoms with Crippen LogP contribution in [-0.4, -0.2) is 4.98 Å². The Labute approximate surface area is 127 Å². The zero-order chi connectivity index (χ0) is 14.8. The normalized spacial score (nSPS) is 12.5. The average molecular weight is 301 g/mol. The SMILES string of the molecule is NC(Cc1ccc(Cl)cc1F)c1cccc2cccnc12. The van der Waals surface area contributed by atoms with E-state index in [-0.39, 0.29) is 11.9 Å². The van der Waals surface area contributed by atoms with Gasteiger partial charge in [-0.05, 0) is 35.7 Å². The number of pyridine rings is 1. The molecule has 106 valence electrons. The Morgan fingerprint density at radius 1 is 1.14 bits per heavy atom. The number of halogens is 2. The van der Waals surface area contributed by atoms with Gasteiger partial charge >= 0.3 is 0 Å². The Balaban J connectivity index is 1.95. The van der Waals surface area contributed by atoms with E-state index in [1.807, 2.05) is 30.3 Å². The van der Waals surface area contributed by atoms with Crippen molar-refractivity contribution in [1.29, 1.82) is 0 Å². The topological polar surface area (TPSA) is 38.9 Å². The van der Waals surface area contributed by atoms with E-state index in [1.54, 1.807) is 18.3 Å². The summed E-state index contributed by atoms with van der Waals surface area (Å²) in [6.07, 6.45) is 2.14. The van der Waals surface area contributed by atoms with Crippen molar-refractivity contribution in [3.63, 3.8) is 0 Å². The number of fused-ring (bicyclic) bond motifs is 1. The smallest absolute Gasteiger partial charge is 0.127 e. The third kappa shape index (κ3) is 2.89. The van der Waals surface area contributed by atoms with Crippen LogP contribution in [0.5, 0.6) is 0 Å². The summed E-state index contributed by atoms with van der Waals surface area (Å²) in [5.74, 6) is -0.328. The maximum Gasteiger partial charge on any atom is 0.127 e. The van der Waals surface area contributed by atoms with Gasteiger partial charge in [0, 0.05) is 22.6 Å². The summed E-state index contributed by atoms with van der Waals surface area (Å²) in [4.78, 5) is 4.39. The summed E-state index contributed by atoms with van der Waals surface area (Å²) < 4.78 is 13.9. The lowest BCUT2D eigenvalue weighted by Crippen LogP contribution is -2.15. The van der Waals surface area contributed by atoms with Gasteiger partial charge in [-0.25, -0.2) is 4.39 Å². The lowest BCUT2D eigenvalue weighted by molar-refractivity contribution is 0.594. The number of hydrogen-bond acceptors (Lipinski definition) is 2. The van der Waals surface area contributed by atoms with Crippen LogP contribution < -0.4 is 5.73 Å². The Bertz CT molecular complexity index is 783. The Hall–Kier alpha value is -1.97. The standard InChI is InChI=1S/C17H14ClFN2/c18-13-7-6-12(15(19)10-13)9-16(20)14-5-1-3-11-4-2-8-21-17(11)14/h1-8,10,16H,9,20H2. The fraction of sp³-hybridized carbons (Fsp3) is 0.118. The van der Waals surface area contributed by atoms with Gasteiger partial charge in [-0.2, -0.15) is 0 Å². The maximum atomic E-state index is 13.9. The lowest BCUT2D eigenvalue weighted by Gasteiger charge is -2.14. The third-order valence-electron chi connectivity index (χ3n) is 3.52. The first kappa shape index (κ1) is 14.0. The van der Waals surface area contributed by atoms with Crippen LogP contribution in [0.2, 0.25) is 5.02 Å². The van der Waals surface area contributed by atoms with Crippen LogP contribution in [0.1, 0.15) is 17.2 Å². The molecule has 1 heterocycles. The Morgan fingerprint density at radius 2 is 1.95 bits per heavy atom. The van der Waals surface area contributed by atoms with Gasteiger partial charge in [-0.15, -0.1) is 0 Å². The second-order valence-corrected chi connectivity index (χ2v) is 5.41. The number of benzene rings is 2. The fourth-order valence-corrected chi connectivity index (χ4v) is 2.62. The molecule has 2 N–H and O–H groups in total. The van der Waals surface area contributed by atoms with Crippen molar-refractivity contribution in [2.24, 2.45) is 5.73 Å². The molecule has 2 aromatic carbocycles. The first-order chi connectivity index (χ1) is 10.1. The summed E-state index contributed by atoms with van der Waals surface area (Å²) in [5, 5.41) is 1.42. The highest BCUT2D eigenvalue weighted by Crippen LogP contribution is 2.25. The molecule has 1 unspecified atom stereocenters. The van der Waals surface area contributed by atoms with Gasteiger partial charge in [0.05, 0.1) is 5.52 Å². The van der Waals surface area contributed by atoms with Crippen molar-refractivity contribution in [2.75, 3.05) is 0 Å². The van der Waals surface area contributed by atoms with Crippen LogP contribution in [-0.2, 0) is 6.42 Å². The molecule has 0 amide bonds. The summed E-state index contributed by atoms with van der Waals surface area (Å²) in [6.45, 7) is 0. The number of para-hydroxylation sites is 1. The minimum atomic E-state index is -0.328. The van der Waals surface area contributed by atoms with Crippen LogP contribution in [0, 0.1) is 5.82 Å². The molecule has 0 spiro atoms. The minimum absolute atomic E-state index is 0.320. The molecule has 3 rings (SSSR count). The van der Waals surface area contributed by atoms with Crippen LogP contribution in [0.3, 0.4) is 0 Å². The van der Waals surface area contributed by atoms with Crippen molar-refractivity contribution >= 4 is 22.5 Å². The second kappa shape index (κ2) is 5.80. The maximum absolute atomic E-state index is 13.9. The molecule has 2 nitrogen and oxygen atoms in total. The molecule has 0 aliphatic rings. The molecule has 0 bridgehead atoms. The first-order valence-corrected chi connectivity index (χ1v) is 7.06. The Kier molecular flexibility index (Phi) is 3.86. The first-order valence-electron chi connectivity index (χ1n) is 6.68. The molecular weight excluding hydrogens is 287 g/mol. The van der Waals surface area contributed by atoms with Crippen LogP contribution >= 0.6 is 11.6 Å². The molecule has 0 radical (unpaired) electrons. The summed E-state index contributed by atoms with van der Waals surface area (Å²) in [7, 11) is 0. The van der Waals surface area contributed by atoms with Gasteiger partial charge in [-0.1, -0.05) is 41.9 Å². The molecule has 1 aromatic heterocycles. The number of aromatic nitrogens is 1. The van der Waals surface area contributed by atoms with Crippen molar-refractivity contribution in [3.05, 3.63) is 76.7 Å². The predicted octanol–water partition coefficient (Wildman–Crippen LogP) is 4.27. The van der Waals surface area contributed by atoms with E-state index in [0.717, 1.165) is 16.5 Å². The fourth-order valence-electron chi connectivity index (χ4n) is 2.46. The molecular formula is C17H14ClFN2. The van der Waals surface area contributed by atoms with E-state index in [2.05, 4.69) is 4.98 Å². The second-order valence-electron chi connectivity index (χ2n) is 4.97. The zero-order valence-corrected chi connectivity index (χ0v) is 12.0. The number of nitrogens with two attached hydrogens (primary N) is 1. The number of hydrogen-bond donors (Lipinski definition) is 1. The van der Waals surface area contributed by atoms with Crippen molar-refractivity contribution < 1.29 is 4.39 Å². The van der Waals surface area contributed by atoms with E-state index in [1.165, 1.54) is 6.07 Å². The number of rotatable bonds is 3. The summed E-state index contributed by atoms with van der Waals surface area (Å²) >= 11 is 5.77. The van der Waals surface area contributed by atoms with Gasteiger partial charge in [0.25, 0.3) is 0 Å². The molecule has 0 fully saturated rings. The van der Waals surface area contributed by atoms with Crippen LogP contribution in [0.4, 0.5) is 4.39 Å². The lowest BCUT2D eigenvalue weighted by atomic mass is 9.97. The molecule has 0 saturated heterocycles. The minimum Gasteiger partial charge on any atom is -0.324 e. The van der Waals surface area contributed by atoms with Gasteiger partial charge < -0.3 is 5.73 Å². The molecule has 4 heteroatoms. The van der Waals surface area contributed by atoms with Crippen LogP contribution in [0.25, 0.3) is 10.9 Å². The van der Waals surface area contributed by atoms with Crippen molar-refractivity contribution in [1.82, 2.24) is 4.98 Å². The van der Waals surface area contributed by atoms with Gasteiger partial charge in [0.15, 0.2) is 0 Å². The van der Waals surface area contributed by atoms with E-state index in [0.29, 0.717) is 17.0 Å². The van der Waals surface area contributed by atoms with Crippen molar-refractivity contribution in [3.8, 4) is 0 Å². The molecule has 0 saturated carbocycles. The molecule has 0 aliphatic carbocycles. The molecule has 0 aliphatic heterocycles. The van der Waals surface area contributed by atoms with Crippen LogP contribution in [0.15, 0.2) is 54.7 Å². The monoisotopic (exact) mass is 300 g/mol. The highest BCUT2D eigenvalue weighted by Gasteiger charge is 2.14. The van der Waals surface area contributed by atoms with E-state index >= 15 is 0 Å². The highest BCUT2D eigenvalue weighted by molar-refractivity contribution is 6.30. The van der Waals surface area contributed by atoms with E-state index in [9.17, 15) is 4.39 Å². The van der Waals surface area contributed by atoms with Crippen molar-refractivity contribution in [2.45, 2.75) is 12.5 Å². The summed E-state index contributed by atoms with van der Waals surface area (Å²) in [5.41, 5.74) is 8.60. The summed E-state index contributed by atoms with van der Waals surface area (Å²) in [6, 6.07) is 14.1.